The number of phenolic OH excluding ortho intramolecular Hbond substituents is 2. The average Bonchev–Trinajstić information content (AvgIpc) is 2.80. The number of rotatable bonds is 5. The maximum Gasteiger partial charge on any atom is 0.229 e. The van der Waals surface area contributed by atoms with E-state index >= 15 is 0 Å². The Hall–Kier alpha value is -3.35. The molecule has 1 fully saturated rings. The lowest BCUT2D eigenvalue weighted by Crippen LogP contribution is -2.60. The first-order valence-corrected chi connectivity index (χ1v) is 9.88. The first kappa shape index (κ1) is 22.8. The van der Waals surface area contributed by atoms with Crippen LogP contribution in [0.4, 0.5) is 0 Å². The molecule has 6 N–H and O–H groups in total. The van der Waals surface area contributed by atoms with Gasteiger partial charge in [-0.05, 0) is 17.7 Å². The number of benzene rings is 2. The van der Waals surface area contributed by atoms with Crippen molar-refractivity contribution in [1.29, 1.82) is 0 Å². The molecule has 2 aromatic carbocycles. The van der Waals surface area contributed by atoms with E-state index in [9.17, 15) is 35.4 Å². The van der Waals surface area contributed by atoms with Crippen LogP contribution >= 0.6 is 0 Å². The second-order valence-corrected chi connectivity index (χ2v) is 7.47. The summed E-state index contributed by atoms with van der Waals surface area (Å²) >= 11 is 0. The molecule has 4 rings (SSSR count). The number of hydrogen-bond donors (Lipinski definition) is 6. The van der Waals surface area contributed by atoms with Crippen LogP contribution in [0.5, 0.6) is 23.0 Å². The quantitative estimate of drug-likeness (QED) is 0.302. The molecule has 11 heteroatoms. The van der Waals surface area contributed by atoms with Crippen molar-refractivity contribution in [3.8, 4) is 34.1 Å². The van der Waals surface area contributed by atoms with Gasteiger partial charge in [0.1, 0.15) is 47.4 Å². The lowest BCUT2D eigenvalue weighted by atomic mass is 9.99. The molecule has 3 aromatic rings. The van der Waals surface area contributed by atoms with Crippen LogP contribution in [0.1, 0.15) is 0 Å². The van der Waals surface area contributed by atoms with Gasteiger partial charge in [-0.2, -0.15) is 0 Å². The molecule has 0 amide bonds. The van der Waals surface area contributed by atoms with Crippen molar-refractivity contribution < 1.29 is 49.3 Å². The number of fused-ring (bicyclic) bond motifs is 1. The van der Waals surface area contributed by atoms with Crippen molar-refractivity contribution in [2.45, 2.75) is 30.7 Å². The van der Waals surface area contributed by atoms with E-state index in [1.807, 2.05) is 0 Å². The van der Waals surface area contributed by atoms with E-state index in [1.54, 1.807) is 0 Å². The Morgan fingerprint density at radius 2 is 1.73 bits per heavy atom. The third-order valence-corrected chi connectivity index (χ3v) is 5.43. The van der Waals surface area contributed by atoms with Crippen LogP contribution in [0.15, 0.2) is 45.8 Å². The maximum atomic E-state index is 13.1. The first-order chi connectivity index (χ1) is 15.8. The standard InChI is InChI=1S/C22H22O11/c1-30-21-13(32-22-20(29)19(28)17(26)14(7-23)33-22)6-12-15(18(21)27)16(25)11(8-31-12)9-2-4-10(24)5-3-9/h2-6,8,14,17,19-20,22-24,26-29H,7H2,1H3/t14-,17+,19+,20-,22+/m0/s1. The molecule has 0 bridgehead atoms. The third kappa shape index (κ3) is 3.96. The fraction of sp³-hybridized carbons (Fsp3) is 0.318. The number of aromatic hydroxyl groups is 2. The molecule has 0 spiro atoms. The lowest BCUT2D eigenvalue weighted by Gasteiger charge is -2.39. The number of aliphatic hydroxyl groups is 4. The molecule has 2 heterocycles. The summed E-state index contributed by atoms with van der Waals surface area (Å²) in [5, 5.41) is 59.5. The second-order valence-electron chi connectivity index (χ2n) is 7.47. The van der Waals surface area contributed by atoms with E-state index in [1.165, 1.54) is 43.7 Å². The normalized spacial score (nSPS) is 25.2. The molecule has 1 aliphatic heterocycles. The average molecular weight is 462 g/mol. The number of phenols is 2. The summed E-state index contributed by atoms with van der Waals surface area (Å²) in [7, 11) is 1.21. The van der Waals surface area contributed by atoms with Gasteiger partial charge in [0.2, 0.25) is 17.5 Å². The number of aliphatic hydroxyl groups excluding tert-OH is 4. The molecule has 176 valence electrons. The predicted octanol–water partition coefficient (Wildman–Crippen LogP) is 0.0585. The van der Waals surface area contributed by atoms with Gasteiger partial charge in [0.25, 0.3) is 0 Å². The molecular weight excluding hydrogens is 440 g/mol. The van der Waals surface area contributed by atoms with Crippen LogP contribution < -0.4 is 14.9 Å². The van der Waals surface area contributed by atoms with Gasteiger partial charge in [0.05, 0.1) is 19.3 Å². The Morgan fingerprint density at radius 1 is 1.03 bits per heavy atom. The van der Waals surface area contributed by atoms with Crippen LogP contribution in [0.3, 0.4) is 0 Å². The Balaban J connectivity index is 1.77. The van der Waals surface area contributed by atoms with E-state index in [0.29, 0.717) is 5.56 Å². The van der Waals surface area contributed by atoms with Gasteiger partial charge in [-0.25, -0.2) is 0 Å². The number of ether oxygens (including phenoxy) is 3. The summed E-state index contributed by atoms with van der Waals surface area (Å²) in [5.41, 5.74) is -0.0662. The summed E-state index contributed by atoms with van der Waals surface area (Å²) in [4.78, 5) is 13.1. The summed E-state index contributed by atoms with van der Waals surface area (Å²) in [6.45, 7) is -0.653. The zero-order chi connectivity index (χ0) is 23.9. The van der Waals surface area contributed by atoms with Gasteiger partial charge in [0.15, 0.2) is 11.5 Å². The van der Waals surface area contributed by atoms with E-state index in [-0.39, 0.29) is 33.8 Å². The molecular formula is C22H22O11. The fourth-order valence-corrected chi connectivity index (χ4v) is 3.64. The molecule has 0 saturated carbocycles. The molecule has 1 aromatic heterocycles. The Bertz CT molecular complexity index is 1200. The smallest absolute Gasteiger partial charge is 0.229 e. The maximum absolute atomic E-state index is 13.1. The van der Waals surface area contributed by atoms with Gasteiger partial charge in [-0.3, -0.25) is 4.79 Å². The van der Waals surface area contributed by atoms with Crippen molar-refractivity contribution in [3.63, 3.8) is 0 Å². The van der Waals surface area contributed by atoms with Crippen molar-refractivity contribution in [3.05, 3.63) is 46.8 Å². The zero-order valence-corrected chi connectivity index (χ0v) is 17.3. The van der Waals surface area contributed by atoms with Crippen LogP contribution in [-0.4, -0.2) is 75.1 Å². The molecule has 1 aliphatic rings. The predicted molar refractivity (Wildman–Crippen MR) is 112 cm³/mol. The highest BCUT2D eigenvalue weighted by molar-refractivity contribution is 5.91. The third-order valence-electron chi connectivity index (χ3n) is 5.43. The Morgan fingerprint density at radius 3 is 2.36 bits per heavy atom. The fourth-order valence-electron chi connectivity index (χ4n) is 3.64. The van der Waals surface area contributed by atoms with Gasteiger partial charge >= 0.3 is 0 Å². The van der Waals surface area contributed by atoms with Gasteiger partial charge < -0.3 is 49.3 Å². The molecule has 5 atom stereocenters. The number of hydrogen-bond acceptors (Lipinski definition) is 11. The van der Waals surface area contributed by atoms with Crippen LogP contribution in [-0.2, 0) is 4.74 Å². The van der Waals surface area contributed by atoms with E-state index in [2.05, 4.69) is 0 Å². The van der Waals surface area contributed by atoms with E-state index < -0.39 is 48.5 Å². The summed E-state index contributed by atoms with van der Waals surface area (Å²) in [6.07, 6.45) is -6.52. The highest BCUT2D eigenvalue weighted by Gasteiger charge is 2.45. The van der Waals surface area contributed by atoms with Crippen molar-refractivity contribution in [1.82, 2.24) is 0 Å². The van der Waals surface area contributed by atoms with Crippen LogP contribution in [0.25, 0.3) is 22.1 Å². The topological polar surface area (TPSA) is 179 Å². The zero-order valence-electron chi connectivity index (χ0n) is 17.3. The summed E-state index contributed by atoms with van der Waals surface area (Å²) in [5.74, 6) is -1.03. The van der Waals surface area contributed by atoms with Crippen molar-refractivity contribution in [2.24, 2.45) is 0 Å². The van der Waals surface area contributed by atoms with Crippen LogP contribution in [0.2, 0.25) is 0 Å². The minimum absolute atomic E-state index is 0.0171. The SMILES string of the molecule is COc1c(O[C@@H]2O[C@@H](CO)[C@@H](O)[C@@H](O)[C@@H]2O)cc2occ(-c3ccc(O)cc3)c(=O)c2c1O. The molecule has 0 unspecified atom stereocenters. The monoisotopic (exact) mass is 462 g/mol. The van der Waals surface area contributed by atoms with Crippen molar-refractivity contribution in [2.75, 3.05) is 13.7 Å². The van der Waals surface area contributed by atoms with Crippen molar-refractivity contribution >= 4 is 11.0 Å². The largest absolute Gasteiger partial charge is 0.508 e. The Labute approximate surface area is 186 Å². The molecule has 33 heavy (non-hydrogen) atoms. The minimum atomic E-state index is -1.70. The highest BCUT2D eigenvalue weighted by atomic mass is 16.7. The Kier molecular flexibility index (Phi) is 6.15. The van der Waals surface area contributed by atoms with E-state index in [0.717, 1.165) is 0 Å². The van der Waals surface area contributed by atoms with Gasteiger partial charge in [0, 0.05) is 6.07 Å². The van der Waals surface area contributed by atoms with Gasteiger partial charge in [-0.1, -0.05) is 12.1 Å². The molecule has 11 nitrogen and oxygen atoms in total. The minimum Gasteiger partial charge on any atom is -0.508 e. The lowest BCUT2D eigenvalue weighted by molar-refractivity contribution is -0.277. The second kappa shape index (κ2) is 8.89. The molecule has 0 aliphatic carbocycles. The summed E-state index contributed by atoms with van der Waals surface area (Å²) in [6, 6.07) is 7.06. The first-order valence-electron chi connectivity index (χ1n) is 9.88. The number of methoxy groups -OCH3 is 1. The van der Waals surface area contributed by atoms with E-state index in [4.69, 9.17) is 18.6 Å². The summed E-state index contributed by atoms with van der Waals surface area (Å²) < 4.78 is 21.6. The van der Waals surface area contributed by atoms with Crippen LogP contribution in [0, 0.1) is 0 Å². The van der Waals surface area contributed by atoms with Gasteiger partial charge in [-0.15, -0.1) is 0 Å². The highest BCUT2D eigenvalue weighted by Crippen LogP contribution is 2.43. The molecule has 1 saturated heterocycles. The molecule has 0 radical (unpaired) electrons.